The van der Waals surface area contributed by atoms with Crippen LogP contribution in [0.25, 0.3) is 0 Å². The van der Waals surface area contributed by atoms with Gasteiger partial charge < -0.3 is 5.11 Å². The van der Waals surface area contributed by atoms with E-state index in [0.717, 1.165) is 18.2 Å². The highest BCUT2D eigenvalue weighted by Crippen LogP contribution is 2.16. The van der Waals surface area contributed by atoms with Crippen LogP contribution in [0.3, 0.4) is 0 Å². The number of aliphatic carboxylic acids is 1. The number of halogens is 1. The molecule has 6 nitrogen and oxygen atoms in total. The molecule has 0 radical (unpaired) electrons. The van der Waals surface area contributed by atoms with Crippen LogP contribution in [0, 0.1) is 23.1 Å². The molecule has 0 bridgehead atoms. The third-order valence-electron chi connectivity index (χ3n) is 2.58. The number of rotatable bonds is 5. The van der Waals surface area contributed by atoms with Crippen molar-refractivity contribution in [2.75, 3.05) is 0 Å². The maximum atomic E-state index is 13.1. The topological polar surface area (TPSA) is 107 Å². The summed E-state index contributed by atoms with van der Waals surface area (Å²) in [7, 11) is -4.15. The number of nitrogens with one attached hydrogen (secondary N) is 1. The molecule has 1 unspecified atom stereocenters. The van der Waals surface area contributed by atoms with Gasteiger partial charge in [-0.1, -0.05) is 13.8 Å². The van der Waals surface area contributed by atoms with E-state index < -0.39 is 39.3 Å². The Morgan fingerprint density at radius 3 is 2.50 bits per heavy atom. The van der Waals surface area contributed by atoms with E-state index in [1.807, 2.05) is 4.72 Å². The molecule has 0 aliphatic carbocycles. The standard InChI is InChI=1S/C12H13FN2O4S/c1-7(2)11(12(16)17)15-20(18,19)9-3-4-10(13)8(5-9)6-14/h3-5,7,11,15H,1-2H3,(H,16,17). The van der Waals surface area contributed by atoms with Crippen molar-refractivity contribution in [3.63, 3.8) is 0 Å². The van der Waals surface area contributed by atoms with Crippen LogP contribution in [0.4, 0.5) is 4.39 Å². The molecule has 1 aromatic carbocycles. The first kappa shape index (κ1) is 16.1. The highest BCUT2D eigenvalue weighted by atomic mass is 32.2. The number of carbonyl (C=O) groups is 1. The van der Waals surface area contributed by atoms with Gasteiger partial charge in [-0.2, -0.15) is 9.98 Å². The first-order chi connectivity index (χ1) is 9.19. The number of carboxylic acids is 1. The Bertz CT molecular complexity index is 665. The van der Waals surface area contributed by atoms with Gasteiger partial charge in [0.15, 0.2) is 0 Å². The molecule has 0 aromatic heterocycles. The van der Waals surface area contributed by atoms with Crippen molar-refractivity contribution in [3.05, 3.63) is 29.6 Å². The monoisotopic (exact) mass is 300 g/mol. The van der Waals surface area contributed by atoms with Crippen LogP contribution in [0.15, 0.2) is 23.1 Å². The van der Waals surface area contributed by atoms with Gasteiger partial charge in [0.25, 0.3) is 0 Å². The molecular formula is C12H13FN2O4S. The number of sulfonamides is 1. The van der Waals surface area contributed by atoms with Gasteiger partial charge in [0, 0.05) is 0 Å². The summed E-state index contributed by atoms with van der Waals surface area (Å²) in [5, 5.41) is 17.6. The van der Waals surface area contributed by atoms with Gasteiger partial charge in [-0.3, -0.25) is 4.79 Å². The first-order valence-corrected chi connectivity index (χ1v) is 7.12. The molecule has 0 aliphatic heterocycles. The predicted molar refractivity (Wildman–Crippen MR) is 67.7 cm³/mol. The Kier molecular flexibility index (Phi) is 4.81. The van der Waals surface area contributed by atoms with E-state index in [1.54, 1.807) is 13.8 Å². The minimum atomic E-state index is -4.15. The van der Waals surface area contributed by atoms with Crippen molar-refractivity contribution in [2.24, 2.45) is 5.92 Å². The minimum absolute atomic E-state index is 0.359. The second-order valence-electron chi connectivity index (χ2n) is 4.43. The second kappa shape index (κ2) is 5.98. The average molecular weight is 300 g/mol. The van der Waals surface area contributed by atoms with Crippen LogP contribution in [-0.2, 0) is 14.8 Å². The zero-order chi connectivity index (χ0) is 15.5. The predicted octanol–water partition coefficient (Wildman–Crippen LogP) is 1.08. The zero-order valence-electron chi connectivity index (χ0n) is 10.8. The average Bonchev–Trinajstić information content (AvgIpc) is 2.35. The maximum Gasteiger partial charge on any atom is 0.322 e. The number of nitrogens with zero attached hydrogens (tertiary/aromatic N) is 1. The molecule has 0 amide bonds. The molecular weight excluding hydrogens is 287 g/mol. The molecule has 2 N–H and O–H groups in total. The summed E-state index contributed by atoms with van der Waals surface area (Å²) in [6.07, 6.45) is 0. The van der Waals surface area contributed by atoms with Gasteiger partial charge in [0.05, 0.1) is 10.5 Å². The smallest absolute Gasteiger partial charge is 0.322 e. The Hall–Kier alpha value is -1.98. The largest absolute Gasteiger partial charge is 0.480 e. The van der Waals surface area contributed by atoms with Gasteiger partial charge in [-0.25, -0.2) is 12.8 Å². The molecule has 0 heterocycles. The van der Waals surface area contributed by atoms with Crippen LogP contribution < -0.4 is 4.72 Å². The summed E-state index contributed by atoms with van der Waals surface area (Å²) in [5.74, 6) is -2.63. The first-order valence-electron chi connectivity index (χ1n) is 5.64. The SMILES string of the molecule is CC(C)C(NS(=O)(=O)c1ccc(F)c(C#N)c1)C(=O)O. The van der Waals surface area contributed by atoms with Crippen LogP contribution in [0.5, 0.6) is 0 Å². The van der Waals surface area contributed by atoms with Crippen molar-refractivity contribution < 1.29 is 22.7 Å². The van der Waals surface area contributed by atoms with Crippen LogP contribution in [-0.4, -0.2) is 25.5 Å². The molecule has 1 aromatic rings. The fraction of sp³-hybridized carbons (Fsp3) is 0.333. The van der Waals surface area contributed by atoms with Crippen molar-refractivity contribution >= 4 is 16.0 Å². The minimum Gasteiger partial charge on any atom is -0.480 e. The summed E-state index contributed by atoms with van der Waals surface area (Å²) < 4.78 is 39.2. The van der Waals surface area contributed by atoms with Crippen molar-refractivity contribution in [1.82, 2.24) is 4.72 Å². The van der Waals surface area contributed by atoms with Crippen molar-refractivity contribution in [2.45, 2.75) is 24.8 Å². The van der Waals surface area contributed by atoms with E-state index in [4.69, 9.17) is 10.4 Å². The molecule has 1 rings (SSSR count). The molecule has 1 atom stereocenters. The molecule has 0 saturated carbocycles. The maximum absolute atomic E-state index is 13.1. The third-order valence-corrected chi connectivity index (χ3v) is 4.02. The van der Waals surface area contributed by atoms with E-state index in [1.165, 1.54) is 6.07 Å². The van der Waals surface area contributed by atoms with Gasteiger partial charge in [-0.15, -0.1) is 0 Å². The number of carboxylic acid groups (broad SMARTS) is 1. The Labute approximate surface area is 115 Å². The molecule has 0 spiro atoms. The Morgan fingerprint density at radius 2 is 2.05 bits per heavy atom. The molecule has 0 fully saturated rings. The van der Waals surface area contributed by atoms with Gasteiger partial charge in [0.1, 0.15) is 17.9 Å². The van der Waals surface area contributed by atoms with E-state index in [2.05, 4.69) is 0 Å². The summed E-state index contributed by atoms with van der Waals surface area (Å²) in [4.78, 5) is 10.6. The normalized spacial score (nSPS) is 12.9. The zero-order valence-corrected chi connectivity index (χ0v) is 11.6. The lowest BCUT2D eigenvalue weighted by molar-refractivity contribution is -0.140. The van der Waals surface area contributed by atoms with E-state index in [0.29, 0.717) is 0 Å². The summed E-state index contributed by atoms with van der Waals surface area (Å²) in [6, 6.07) is 2.89. The molecule has 20 heavy (non-hydrogen) atoms. The second-order valence-corrected chi connectivity index (χ2v) is 6.15. The molecule has 8 heteroatoms. The Balaban J connectivity index is 3.18. The van der Waals surface area contributed by atoms with Gasteiger partial charge >= 0.3 is 5.97 Å². The van der Waals surface area contributed by atoms with Crippen LogP contribution >= 0.6 is 0 Å². The van der Waals surface area contributed by atoms with Crippen LogP contribution in [0.1, 0.15) is 19.4 Å². The number of hydrogen-bond donors (Lipinski definition) is 2. The quantitative estimate of drug-likeness (QED) is 0.846. The lowest BCUT2D eigenvalue weighted by Crippen LogP contribution is -2.44. The van der Waals surface area contributed by atoms with E-state index in [9.17, 15) is 17.6 Å². The lowest BCUT2D eigenvalue weighted by atomic mass is 10.1. The molecule has 108 valence electrons. The van der Waals surface area contributed by atoms with Gasteiger partial charge in [0.2, 0.25) is 10.0 Å². The van der Waals surface area contributed by atoms with Crippen LogP contribution in [0.2, 0.25) is 0 Å². The summed E-state index contributed by atoms with van der Waals surface area (Å²) in [5.41, 5.74) is -0.427. The third kappa shape index (κ3) is 3.53. The highest BCUT2D eigenvalue weighted by Gasteiger charge is 2.28. The van der Waals surface area contributed by atoms with Gasteiger partial charge in [-0.05, 0) is 24.1 Å². The highest BCUT2D eigenvalue weighted by molar-refractivity contribution is 7.89. The number of nitriles is 1. The van der Waals surface area contributed by atoms with E-state index >= 15 is 0 Å². The number of benzene rings is 1. The number of hydrogen-bond acceptors (Lipinski definition) is 4. The lowest BCUT2D eigenvalue weighted by Gasteiger charge is -2.18. The summed E-state index contributed by atoms with van der Waals surface area (Å²) >= 11 is 0. The summed E-state index contributed by atoms with van der Waals surface area (Å²) in [6.45, 7) is 3.10. The molecule has 0 aliphatic rings. The van der Waals surface area contributed by atoms with E-state index in [-0.39, 0.29) is 4.90 Å². The van der Waals surface area contributed by atoms with Crippen molar-refractivity contribution in [3.8, 4) is 6.07 Å². The fourth-order valence-electron chi connectivity index (χ4n) is 1.46. The fourth-order valence-corrected chi connectivity index (χ4v) is 2.83. The van der Waals surface area contributed by atoms with Crippen molar-refractivity contribution in [1.29, 1.82) is 5.26 Å². The Morgan fingerprint density at radius 1 is 1.45 bits per heavy atom. The molecule has 0 saturated heterocycles.